The van der Waals surface area contributed by atoms with Gasteiger partial charge in [0.15, 0.2) is 0 Å². The standard InChI is InChI=1S/C22H23NO/c1-15-8-16(2)10-20(9-15)21-11-19(12-23-13-21)14-24-22-7-5-6-17(3)18(22)4/h5-13H,14H2,1-4H3. The summed E-state index contributed by atoms with van der Waals surface area (Å²) in [6.07, 6.45) is 3.78. The molecule has 0 bridgehead atoms. The molecule has 0 atom stereocenters. The lowest BCUT2D eigenvalue weighted by Gasteiger charge is -2.12. The van der Waals surface area contributed by atoms with Crippen molar-refractivity contribution >= 4 is 0 Å². The number of aryl methyl sites for hydroxylation is 3. The summed E-state index contributed by atoms with van der Waals surface area (Å²) in [5, 5.41) is 0. The molecule has 2 nitrogen and oxygen atoms in total. The van der Waals surface area contributed by atoms with Crippen molar-refractivity contribution in [3.63, 3.8) is 0 Å². The molecule has 0 saturated carbocycles. The third-order valence-corrected chi connectivity index (χ3v) is 4.30. The third kappa shape index (κ3) is 3.65. The van der Waals surface area contributed by atoms with Gasteiger partial charge in [-0.3, -0.25) is 4.98 Å². The van der Waals surface area contributed by atoms with E-state index in [4.69, 9.17) is 4.74 Å². The Morgan fingerprint density at radius 1 is 0.833 bits per heavy atom. The zero-order valence-electron chi connectivity index (χ0n) is 14.8. The monoisotopic (exact) mass is 317 g/mol. The molecule has 0 aliphatic carbocycles. The van der Waals surface area contributed by atoms with Crippen molar-refractivity contribution in [2.45, 2.75) is 34.3 Å². The van der Waals surface area contributed by atoms with Gasteiger partial charge in [0, 0.05) is 23.5 Å². The van der Waals surface area contributed by atoms with Crippen LogP contribution in [0.15, 0.2) is 54.9 Å². The summed E-state index contributed by atoms with van der Waals surface area (Å²) in [6.45, 7) is 8.96. The van der Waals surface area contributed by atoms with Crippen LogP contribution in [0.3, 0.4) is 0 Å². The highest BCUT2D eigenvalue weighted by atomic mass is 16.5. The fraction of sp³-hybridized carbons (Fsp3) is 0.227. The van der Waals surface area contributed by atoms with Gasteiger partial charge in [0.05, 0.1) is 0 Å². The molecular weight excluding hydrogens is 294 g/mol. The summed E-state index contributed by atoms with van der Waals surface area (Å²) in [5.74, 6) is 0.937. The molecule has 3 aromatic rings. The van der Waals surface area contributed by atoms with Crippen LogP contribution in [0.1, 0.15) is 27.8 Å². The number of rotatable bonds is 4. The van der Waals surface area contributed by atoms with E-state index < -0.39 is 0 Å². The average molecular weight is 317 g/mol. The lowest BCUT2D eigenvalue weighted by molar-refractivity contribution is 0.303. The molecule has 0 radical (unpaired) electrons. The van der Waals surface area contributed by atoms with Crippen molar-refractivity contribution in [2.24, 2.45) is 0 Å². The Bertz CT molecular complexity index is 847. The Kier molecular flexibility index (Phi) is 4.66. The highest BCUT2D eigenvalue weighted by molar-refractivity contribution is 5.64. The van der Waals surface area contributed by atoms with Gasteiger partial charge >= 0.3 is 0 Å². The smallest absolute Gasteiger partial charge is 0.122 e. The zero-order valence-corrected chi connectivity index (χ0v) is 14.8. The van der Waals surface area contributed by atoms with Crippen molar-refractivity contribution in [3.05, 3.63) is 82.7 Å². The predicted molar refractivity (Wildman–Crippen MR) is 99.4 cm³/mol. The Morgan fingerprint density at radius 3 is 2.33 bits per heavy atom. The fourth-order valence-electron chi connectivity index (χ4n) is 2.91. The molecule has 0 aliphatic heterocycles. The van der Waals surface area contributed by atoms with Crippen LogP contribution in [-0.2, 0) is 6.61 Å². The fourth-order valence-corrected chi connectivity index (χ4v) is 2.91. The molecule has 122 valence electrons. The number of hydrogen-bond acceptors (Lipinski definition) is 2. The maximum absolute atomic E-state index is 6.00. The number of pyridine rings is 1. The summed E-state index contributed by atoms with van der Waals surface area (Å²) < 4.78 is 6.00. The van der Waals surface area contributed by atoms with Gasteiger partial charge in [0.2, 0.25) is 0 Å². The predicted octanol–water partition coefficient (Wildman–Crippen LogP) is 5.56. The van der Waals surface area contributed by atoms with Crippen LogP contribution in [0, 0.1) is 27.7 Å². The summed E-state index contributed by atoms with van der Waals surface area (Å²) in [4.78, 5) is 4.39. The van der Waals surface area contributed by atoms with Crippen molar-refractivity contribution in [2.75, 3.05) is 0 Å². The minimum absolute atomic E-state index is 0.524. The molecule has 0 aliphatic rings. The van der Waals surface area contributed by atoms with E-state index in [1.165, 1.54) is 27.8 Å². The van der Waals surface area contributed by atoms with Crippen molar-refractivity contribution in [1.82, 2.24) is 4.98 Å². The molecule has 0 amide bonds. The molecule has 0 fully saturated rings. The molecule has 2 aromatic carbocycles. The molecular formula is C22H23NO. The van der Waals surface area contributed by atoms with Crippen LogP contribution in [0.4, 0.5) is 0 Å². The second-order valence-electron chi connectivity index (χ2n) is 6.44. The molecule has 0 saturated heterocycles. The normalized spacial score (nSPS) is 10.7. The topological polar surface area (TPSA) is 22.1 Å². The van der Waals surface area contributed by atoms with Crippen molar-refractivity contribution < 1.29 is 4.74 Å². The Balaban J connectivity index is 1.82. The first-order chi connectivity index (χ1) is 11.5. The summed E-state index contributed by atoms with van der Waals surface area (Å²) in [5.41, 5.74) is 8.37. The van der Waals surface area contributed by atoms with Gasteiger partial charge in [-0.05, 0) is 56.5 Å². The summed E-state index contributed by atoms with van der Waals surface area (Å²) >= 11 is 0. The quantitative estimate of drug-likeness (QED) is 0.628. The van der Waals surface area contributed by atoms with E-state index >= 15 is 0 Å². The minimum atomic E-state index is 0.524. The molecule has 0 N–H and O–H groups in total. The van der Waals surface area contributed by atoms with Crippen LogP contribution in [0.2, 0.25) is 0 Å². The van der Waals surface area contributed by atoms with Gasteiger partial charge in [-0.1, -0.05) is 41.5 Å². The van der Waals surface area contributed by atoms with E-state index in [0.717, 1.165) is 16.9 Å². The number of hydrogen-bond donors (Lipinski definition) is 0. The van der Waals surface area contributed by atoms with Crippen LogP contribution in [0.25, 0.3) is 11.1 Å². The first kappa shape index (κ1) is 16.3. The number of aromatic nitrogens is 1. The van der Waals surface area contributed by atoms with Crippen LogP contribution < -0.4 is 4.74 Å². The van der Waals surface area contributed by atoms with Crippen molar-refractivity contribution in [1.29, 1.82) is 0 Å². The van der Waals surface area contributed by atoms with E-state index in [9.17, 15) is 0 Å². The Hall–Kier alpha value is -2.61. The highest BCUT2D eigenvalue weighted by Gasteiger charge is 2.05. The van der Waals surface area contributed by atoms with Crippen LogP contribution in [-0.4, -0.2) is 4.98 Å². The molecule has 0 spiro atoms. The van der Waals surface area contributed by atoms with Gasteiger partial charge in [0.1, 0.15) is 12.4 Å². The van der Waals surface area contributed by atoms with E-state index in [1.807, 2.05) is 24.5 Å². The molecule has 0 unspecified atom stereocenters. The molecule has 1 heterocycles. The van der Waals surface area contributed by atoms with Crippen LogP contribution >= 0.6 is 0 Å². The SMILES string of the molecule is Cc1cc(C)cc(-c2cncc(COc3cccc(C)c3C)c2)c1. The molecule has 1 aromatic heterocycles. The molecule has 24 heavy (non-hydrogen) atoms. The van der Waals surface area contributed by atoms with E-state index in [2.05, 4.69) is 63.0 Å². The van der Waals surface area contributed by atoms with E-state index in [-0.39, 0.29) is 0 Å². The Morgan fingerprint density at radius 2 is 1.58 bits per heavy atom. The van der Waals surface area contributed by atoms with Gasteiger partial charge in [-0.15, -0.1) is 0 Å². The largest absolute Gasteiger partial charge is 0.489 e. The highest BCUT2D eigenvalue weighted by Crippen LogP contribution is 2.24. The van der Waals surface area contributed by atoms with Gasteiger partial charge in [0.25, 0.3) is 0 Å². The number of ether oxygens (including phenoxy) is 1. The van der Waals surface area contributed by atoms with Gasteiger partial charge < -0.3 is 4.74 Å². The second kappa shape index (κ2) is 6.88. The van der Waals surface area contributed by atoms with E-state index in [1.54, 1.807) is 0 Å². The zero-order chi connectivity index (χ0) is 17.1. The van der Waals surface area contributed by atoms with Crippen molar-refractivity contribution in [3.8, 4) is 16.9 Å². The molecule has 2 heteroatoms. The van der Waals surface area contributed by atoms with Gasteiger partial charge in [-0.25, -0.2) is 0 Å². The lowest BCUT2D eigenvalue weighted by Crippen LogP contribution is -1.99. The average Bonchev–Trinajstić information content (AvgIpc) is 2.56. The summed E-state index contributed by atoms with van der Waals surface area (Å²) in [6, 6.07) is 14.9. The maximum Gasteiger partial charge on any atom is 0.122 e. The van der Waals surface area contributed by atoms with E-state index in [0.29, 0.717) is 6.61 Å². The first-order valence-corrected chi connectivity index (χ1v) is 8.24. The molecule has 3 rings (SSSR count). The number of benzene rings is 2. The number of nitrogens with zero attached hydrogens (tertiary/aromatic N) is 1. The maximum atomic E-state index is 6.00. The lowest BCUT2D eigenvalue weighted by atomic mass is 10.0. The van der Waals surface area contributed by atoms with Gasteiger partial charge in [-0.2, -0.15) is 0 Å². The second-order valence-corrected chi connectivity index (χ2v) is 6.44. The summed E-state index contributed by atoms with van der Waals surface area (Å²) in [7, 11) is 0. The first-order valence-electron chi connectivity index (χ1n) is 8.24. The third-order valence-electron chi connectivity index (χ3n) is 4.30. The minimum Gasteiger partial charge on any atom is -0.489 e. The Labute approximate surface area is 144 Å². The van der Waals surface area contributed by atoms with Crippen LogP contribution in [0.5, 0.6) is 5.75 Å².